The highest BCUT2D eigenvalue weighted by Gasteiger charge is 2.43. The standard InChI is InChI=1S/C19H22ClN3/c20-15-3-1-2-13(9-15)19-21-17-6-7-23(11-18(17)22-19)16-5-4-12-8-14(12)10-16/h1-3,9,12,14,16H,4-8,10-11H2,(H,21,22)/t12-,14-,16?/m1/s1. The number of aromatic amines is 1. The van der Waals surface area contributed by atoms with Gasteiger partial charge in [0, 0.05) is 36.1 Å². The second-order valence-corrected chi connectivity index (χ2v) is 7.90. The van der Waals surface area contributed by atoms with Crippen LogP contribution in [0.2, 0.25) is 5.02 Å². The molecule has 3 aliphatic rings. The number of nitrogens with zero attached hydrogens (tertiary/aromatic N) is 2. The number of benzene rings is 1. The highest BCUT2D eigenvalue weighted by Crippen LogP contribution is 2.50. The van der Waals surface area contributed by atoms with Crippen molar-refractivity contribution in [3.05, 3.63) is 40.7 Å². The number of rotatable bonds is 2. The number of hydrogen-bond acceptors (Lipinski definition) is 2. The second-order valence-electron chi connectivity index (χ2n) is 7.46. The molecule has 0 radical (unpaired) electrons. The summed E-state index contributed by atoms with van der Waals surface area (Å²) < 4.78 is 0. The first-order valence-corrected chi connectivity index (χ1v) is 9.22. The van der Waals surface area contributed by atoms with Gasteiger partial charge in [-0.05, 0) is 49.7 Å². The minimum Gasteiger partial charge on any atom is -0.341 e. The zero-order valence-electron chi connectivity index (χ0n) is 13.3. The molecule has 2 heterocycles. The molecule has 3 atom stereocenters. The van der Waals surface area contributed by atoms with E-state index in [0.29, 0.717) is 0 Å². The van der Waals surface area contributed by atoms with E-state index in [1.165, 1.54) is 37.1 Å². The van der Waals surface area contributed by atoms with Crippen molar-refractivity contribution in [2.75, 3.05) is 6.54 Å². The van der Waals surface area contributed by atoms with Crippen LogP contribution in [0.3, 0.4) is 0 Å². The Bertz CT molecular complexity index is 738. The number of nitrogens with one attached hydrogen (secondary N) is 1. The molecule has 0 spiro atoms. The monoisotopic (exact) mass is 327 g/mol. The van der Waals surface area contributed by atoms with Crippen molar-refractivity contribution in [3.63, 3.8) is 0 Å². The summed E-state index contributed by atoms with van der Waals surface area (Å²) in [5.41, 5.74) is 3.64. The molecule has 0 saturated heterocycles. The quantitative estimate of drug-likeness (QED) is 0.893. The van der Waals surface area contributed by atoms with E-state index in [1.807, 2.05) is 18.2 Å². The molecular weight excluding hydrogens is 306 g/mol. The van der Waals surface area contributed by atoms with Gasteiger partial charge in [0.05, 0.1) is 11.4 Å². The molecule has 2 saturated carbocycles. The lowest BCUT2D eigenvalue weighted by Crippen LogP contribution is -2.40. The van der Waals surface area contributed by atoms with E-state index < -0.39 is 0 Å². The van der Waals surface area contributed by atoms with Crippen LogP contribution in [0.1, 0.15) is 37.1 Å². The molecular formula is C19H22ClN3. The lowest BCUT2D eigenvalue weighted by Gasteiger charge is -2.36. The largest absolute Gasteiger partial charge is 0.341 e. The third-order valence-corrected chi connectivity index (χ3v) is 6.23. The minimum absolute atomic E-state index is 0.764. The molecule has 1 aliphatic heterocycles. The Kier molecular flexibility index (Phi) is 3.27. The fraction of sp³-hybridized carbons (Fsp3) is 0.526. The number of imidazole rings is 1. The average molecular weight is 328 g/mol. The van der Waals surface area contributed by atoms with Crippen molar-refractivity contribution in [1.29, 1.82) is 0 Å². The van der Waals surface area contributed by atoms with E-state index in [2.05, 4.69) is 16.0 Å². The Morgan fingerprint density at radius 3 is 3.00 bits per heavy atom. The van der Waals surface area contributed by atoms with Crippen LogP contribution < -0.4 is 0 Å². The van der Waals surface area contributed by atoms with Crippen LogP contribution in [0.25, 0.3) is 11.4 Å². The van der Waals surface area contributed by atoms with Gasteiger partial charge in [-0.15, -0.1) is 0 Å². The molecule has 5 rings (SSSR count). The van der Waals surface area contributed by atoms with Gasteiger partial charge in [-0.2, -0.15) is 0 Å². The van der Waals surface area contributed by atoms with E-state index in [9.17, 15) is 0 Å². The SMILES string of the molecule is Clc1cccc(-c2nc3c([nH]2)CN(C2CC[C@@H]4C[C@@H]4C2)CC3)c1. The third kappa shape index (κ3) is 2.60. The molecule has 2 fully saturated rings. The topological polar surface area (TPSA) is 31.9 Å². The number of hydrogen-bond donors (Lipinski definition) is 1. The third-order valence-electron chi connectivity index (χ3n) is 5.99. The lowest BCUT2D eigenvalue weighted by atomic mass is 9.93. The predicted molar refractivity (Wildman–Crippen MR) is 92.4 cm³/mol. The second kappa shape index (κ2) is 5.35. The van der Waals surface area contributed by atoms with Crippen molar-refractivity contribution in [2.45, 2.75) is 44.7 Å². The highest BCUT2D eigenvalue weighted by atomic mass is 35.5. The molecule has 0 amide bonds. The predicted octanol–water partition coefficient (Wildman–Crippen LogP) is 4.28. The molecule has 23 heavy (non-hydrogen) atoms. The van der Waals surface area contributed by atoms with E-state index in [1.54, 1.807) is 0 Å². The first-order valence-electron chi connectivity index (χ1n) is 8.84. The first-order chi connectivity index (χ1) is 11.3. The Labute approximate surface area is 142 Å². The van der Waals surface area contributed by atoms with Crippen LogP contribution in [-0.2, 0) is 13.0 Å². The fourth-order valence-electron chi connectivity index (χ4n) is 4.56. The molecule has 4 heteroatoms. The number of fused-ring (bicyclic) bond motifs is 2. The van der Waals surface area contributed by atoms with Crippen LogP contribution in [0.15, 0.2) is 24.3 Å². The van der Waals surface area contributed by atoms with Crippen LogP contribution >= 0.6 is 11.6 Å². The summed E-state index contributed by atoms with van der Waals surface area (Å²) in [5, 5.41) is 0.764. The summed E-state index contributed by atoms with van der Waals surface area (Å²) in [6.45, 7) is 2.19. The highest BCUT2D eigenvalue weighted by molar-refractivity contribution is 6.30. The van der Waals surface area contributed by atoms with Gasteiger partial charge in [-0.1, -0.05) is 23.7 Å². The molecule has 1 aromatic heterocycles. The van der Waals surface area contributed by atoms with Gasteiger partial charge in [0.2, 0.25) is 0 Å². The van der Waals surface area contributed by atoms with Crippen molar-refractivity contribution in [3.8, 4) is 11.4 Å². The van der Waals surface area contributed by atoms with Gasteiger partial charge < -0.3 is 4.98 Å². The van der Waals surface area contributed by atoms with Gasteiger partial charge in [-0.25, -0.2) is 4.98 Å². The van der Waals surface area contributed by atoms with Gasteiger partial charge in [0.1, 0.15) is 5.82 Å². The summed E-state index contributed by atoms with van der Waals surface area (Å²) in [7, 11) is 0. The zero-order chi connectivity index (χ0) is 15.4. The Morgan fingerprint density at radius 1 is 1.17 bits per heavy atom. The van der Waals surface area contributed by atoms with Crippen LogP contribution in [0.4, 0.5) is 0 Å². The fourth-order valence-corrected chi connectivity index (χ4v) is 4.75. The molecule has 1 N–H and O–H groups in total. The van der Waals surface area contributed by atoms with Gasteiger partial charge >= 0.3 is 0 Å². The van der Waals surface area contributed by atoms with E-state index >= 15 is 0 Å². The molecule has 1 unspecified atom stereocenters. The Hall–Kier alpha value is -1.32. The van der Waals surface area contributed by atoms with Crippen LogP contribution in [0, 0.1) is 11.8 Å². The van der Waals surface area contributed by atoms with Gasteiger partial charge in [-0.3, -0.25) is 4.90 Å². The van der Waals surface area contributed by atoms with Gasteiger partial charge in [0.25, 0.3) is 0 Å². The summed E-state index contributed by atoms with van der Waals surface area (Å²) in [5.74, 6) is 3.08. The normalized spacial score (nSPS) is 29.9. The van der Waals surface area contributed by atoms with Crippen molar-refractivity contribution in [1.82, 2.24) is 14.9 Å². The zero-order valence-corrected chi connectivity index (χ0v) is 14.0. The molecule has 120 valence electrons. The van der Waals surface area contributed by atoms with Crippen molar-refractivity contribution in [2.24, 2.45) is 11.8 Å². The lowest BCUT2D eigenvalue weighted by molar-refractivity contribution is 0.135. The average Bonchev–Trinajstić information content (AvgIpc) is 3.22. The number of halogens is 1. The number of H-pyrrole nitrogens is 1. The van der Waals surface area contributed by atoms with E-state index in [0.717, 1.165) is 53.8 Å². The summed E-state index contributed by atoms with van der Waals surface area (Å²) in [4.78, 5) is 11.1. The Morgan fingerprint density at radius 2 is 2.13 bits per heavy atom. The maximum Gasteiger partial charge on any atom is 0.137 e. The van der Waals surface area contributed by atoms with Crippen molar-refractivity contribution < 1.29 is 0 Å². The molecule has 2 aromatic rings. The smallest absolute Gasteiger partial charge is 0.137 e. The molecule has 3 nitrogen and oxygen atoms in total. The van der Waals surface area contributed by atoms with Crippen molar-refractivity contribution >= 4 is 11.6 Å². The summed E-state index contributed by atoms with van der Waals surface area (Å²) in [6, 6.07) is 8.74. The first kappa shape index (κ1) is 14.1. The Balaban J connectivity index is 1.36. The summed E-state index contributed by atoms with van der Waals surface area (Å²) in [6.07, 6.45) is 6.84. The van der Waals surface area contributed by atoms with Crippen LogP contribution in [-0.4, -0.2) is 27.5 Å². The maximum absolute atomic E-state index is 6.11. The maximum atomic E-state index is 6.11. The van der Waals surface area contributed by atoms with E-state index in [-0.39, 0.29) is 0 Å². The summed E-state index contributed by atoms with van der Waals surface area (Å²) >= 11 is 6.11. The molecule has 0 bridgehead atoms. The molecule has 1 aromatic carbocycles. The number of aromatic nitrogens is 2. The van der Waals surface area contributed by atoms with Gasteiger partial charge in [0.15, 0.2) is 0 Å². The minimum atomic E-state index is 0.764. The molecule has 2 aliphatic carbocycles. The van der Waals surface area contributed by atoms with E-state index in [4.69, 9.17) is 16.6 Å². The van der Waals surface area contributed by atoms with Crippen LogP contribution in [0.5, 0.6) is 0 Å².